The fourth-order valence-electron chi connectivity index (χ4n) is 1.32. The largest absolute Gasteiger partial charge is 0.282 e. The molecule has 0 fully saturated rings. The van der Waals surface area contributed by atoms with Crippen molar-refractivity contribution in [3.63, 3.8) is 0 Å². The van der Waals surface area contributed by atoms with Crippen LogP contribution in [0.1, 0.15) is 18.9 Å². The van der Waals surface area contributed by atoms with Crippen LogP contribution in [-0.4, -0.2) is 13.7 Å². The van der Waals surface area contributed by atoms with Gasteiger partial charge in [0.2, 0.25) is 10.0 Å². The highest BCUT2D eigenvalue weighted by atomic mass is 79.9. The summed E-state index contributed by atoms with van der Waals surface area (Å²) in [7, 11) is -3.65. The molecule has 0 bridgehead atoms. The molecule has 1 rings (SSSR count). The number of halogens is 1. The number of anilines is 1. The van der Waals surface area contributed by atoms with Gasteiger partial charge < -0.3 is 0 Å². The van der Waals surface area contributed by atoms with Crippen molar-refractivity contribution < 1.29 is 8.42 Å². The number of benzene rings is 1. The van der Waals surface area contributed by atoms with Crippen molar-refractivity contribution in [2.24, 2.45) is 0 Å². The molecule has 0 aliphatic rings. The van der Waals surface area contributed by atoms with E-state index >= 15 is 0 Å². The van der Waals surface area contributed by atoms with E-state index in [1.807, 2.05) is 6.07 Å². The first-order valence-electron chi connectivity index (χ1n) is 5.08. The molecular weight excluding hydrogens is 304 g/mol. The number of nitrogens with zero attached hydrogens (tertiary/aromatic N) is 1. The summed E-state index contributed by atoms with van der Waals surface area (Å²) >= 11 is 3.32. The van der Waals surface area contributed by atoms with Gasteiger partial charge in [0.15, 0.2) is 5.25 Å². The molecule has 6 heteroatoms. The van der Waals surface area contributed by atoms with Crippen molar-refractivity contribution in [1.29, 1.82) is 5.26 Å². The average Bonchev–Trinajstić information content (AvgIpc) is 2.26. The van der Waals surface area contributed by atoms with E-state index < -0.39 is 15.3 Å². The van der Waals surface area contributed by atoms with E-state index in [9.17, 15) is 8.42 Å². The van der Waals surface area contributed by atoms with Gasteiger partial charge in [0.05, 0.1) is 11.8 Å². The molecule has 0 spiro atoms. The minimum atomic E-state index is -3.65. The molecule has 0 aliphatic heterocycles. The molecule has 92 valence electrons. The van der Waals surface area contributed by atoms with Gasteiger partial charge in [-0.2, -0.15) is 5.26 Å². The van der Waals surface area contributed by atoms with Crippen molar-refractivity contribution in [2.45, 2.75) is 25.5 Å². The molecule has 4 nitrogen and oxygen atoms in total. The van der Waals surface area contributed by atoms with E-state index in [0.717, 1.165) is 10.0 Å². The van der Waals surface area contributed by atoms with Gasteiger partial charge in [-0.1, -0.05) is 28.9 Å². The average molecular weight is 317 g/mol. The van der Waals surface area contributed by atoms with Gasteiger partial charge in [-0.15, -0.1) is 0 Å². The van der Waals surface area contributed by atoms with Crippen LogP contribution in [0.3, 0.4) is 0 Å². The van der Waals surface area contributed by atoms with Gasteiger partial charge in [0, 0.05) is 4.47 Å². The second kappa shape index (κ2) is 5.52. The summed E-state index contributed by atoms with van der Waals surface area (Å²) in [6, 6.07) is 7.02. The molecule has 0 saturated carbocycles. The number of hydrogen-bond donors (Lipinski definition) is 1. The third-order valence-electron chi connectivity index (χ3n) is 2.41. The Labute approximate surface area is 110 Å². The van der Waals surface area contributed by atoms with E-state index in [2.05, 4.69) is 20.7 Å². The number of hydrogen-bond acceptors (Lipinski definition) is 3. The van der Waals surface area contributed by atoms with Gasteiger partial charge in [-0.05, 0) is 31.0 Å². The molecule has 17 heavy (non-hydrogen) atoms. The van der Waals surface area contributed by atoms with Crippen LogP contribution in [0.5, 0.6) is 0 Å². The van der Waals surface area contributed by atoms with Crippen LogP contribution < -0.4 is 4.72 Å². The predicted molar refractivity (Wildman–Crippen MR) is 71.1 cm³/mol. The van der Waals surface area contributed by atoms with Gasteiger partial charge in [0.1, 0.15) is 0 Å². The van der Waals surface area contributed by atoms with E-state index in [1.54, 1.807) is 32.0 Å². The van der Waals surface area contributed by atoms with Crippen molar-refractivity contribution in [3.8, 4) is 6.07 Å². The Hall–Kier alpha value is -1.06. The van der Waals surface area contributed by atoms with E-state index in [0.29, 0.717) is 5.69 Å². The zero-order valence-electron chi connectivity index (χ0n) is 9.57. The van der Waals surface area contributed by atoms with Crippen LogP contribution in [-0.2, 0) is 10.0 Å². The third kappa shape index (κ3) is 3.20. The molecule has 0 aliphatic carbocycles. The smallest absolute Gasteiger partial charge is 0.249 e. The van der Waals surface area contributed by atoms with Gasteiger partial charge in [-0.25, -0.2) is 8.42 Å². The molecular formula is C11H13BrN2O2S. The first-order valence-corrected chi connectivity index (χ1v) is 7.42. The standard InChI is InChI=1S/C11H13BrN2O2S/c1-3-9(7-13)17(15,16)14-11-6-4-5-10(12)8(11)2/h4-6,9,14H,3H2,1-2H3. The summed E-state index contributed by atoms with van der Waals surface area (Å²) in [4.78, 5) is 0. The first-order chi connectivity index (χ1) is 7.92. The highest BCUT2D eigenvalue weighted by Crippen LogP contribution is 2.25. The van der Waals surface area contributed by atoms with E-state index in [1.165, 1.54) is 0 Å². The highest BCUT2D eigenvalue weighted by Gasteiger charge is 2.23. The Morgan fingerprint density at radius 2 is 2.18 bits per heavy atom. The van der Waals surface area contributed by atoms with Crippen LogP contribution in [0, 0.1) is 18.3 Å². The van der Waals surface area contributed by atoms with Crippen LogP contribution in [0.4, 0.5) is 5.69 Å². The van der Waals surface area contributed by atoms with Gasteiger partial charge >= 0.3 is 0 Å². The normalized spacial score (nSPS) is 12.8. The Balaban J connectivity index is 3.07. The highest BCUT2D eigenvalue weighted by molar-refractivity contribution is 9.10. The summed E-state index contributed by atoms with van der Waals surface area (Å²) in [6.07, 6.45) is 0.263. The Bertz CT molecular complexity index is 549. The lowest BCUT2D eigenvalue weighted by atomic mass is 10.2. The van der Waals surface area contributed by atoms with Crippen molar-refractivity contribution in [2.75, 3.05) is 4.72 Å². The quantitative estimate of drug-likeness (QED) is 0.928. The summed E-state index contributed by atoms with van der Waals surface area (Å²) < 4.78 is 27.0. The Morgan fingerprint density at radius 3 is 2.71 bits per heavy atom. The fraction of sp³-hybridized carbons (Fsp3) is 0.364. The summed E-state index contributed by atoms with van der Waals surface area (Å²) in [6.45, 7) is 3.47. The molecule has 1 aromatic carbocycles. The van der Waals surface area contributed by atoms with Crippen LogP contribution >= 0.6 is 15.9 Å². The minimum Gasteiger partial charge on any atom is -0.282 e. The number of rotatable bonds is 4. The third-order valence-corrected chi connectivity index (χ3v) is 4.96. The zero-order valence-corrected chi connectivity index (χ0v) is 12.0. The van der Waals surface area contributed by atoms with Gasteiger partial charge in [0.25, 0.3) is 0 Å². The van der Waals surface area contributed by atoms with E-state index in [-0.39, 0.29) is 6.42 Å². The number of nitriles is 1. The summed E-state index contributed by atoms with van der Waals surface area (Å²) in [5.74, 6) is 0. The van der Waals surface area contributed by atoms with Gasteiger partial charge in [-0.3, -0.25) is 4.72 Å². The molecule has 0 radical (unpaired) electrons. The van der Waals surface area contributed by atoms with Crippen molar-refractivity contribution in [1.82, 2.24) is 0 Å². The lowest BCUT2D eigenvalue weighted by molar-refractivity contribution is 0.593. The lowest BCUT2D eigenvalue weighted by Gasteiger charge is -2.13. The maximum atomic E-state index is 11.9. The van der Waals surface area contributed by atoms with Crippen LogP contribution in [0.2, 0.25) is 0 Å². The maximum Gasteiger partial charge on any atom is 0.249 e. The summed E-state index contributed by atoms with van der Waals surface area (Å²) in [5, 5.41) is 7.76. The lowest BCUT2D eigenvalue weighted by Crippen LogP contribution is -2.26. The monoisotopic (exact) mass is 316 g/mol. The molecule has 0 aromatic heterocycles. The zero-order chi connectivity index (χ0) is 13.1. The first kappa shape index (κ1) is 14.0. The molecule has 0 saturated heterocycles. The molecule has 0 amide bonds. The topological polar surface area (TPSA) is 70.0 Å². The van der Waals surface area contributed by atoms with Crippen molar-refractivity contribution in [3.05, 3.63) is 28.2 Å². The van der Waals surface area contributed by atoms with Crippen LogP contribution in [0.25, 0.3) is 0 Å². The maximum absolute atomic E-state index is 11.9. The molecule has 0 heterocycles. The fourth-order valence-corrected chi connectivity index (χ4v) is 2.94. The molecule has 1 aromatic rings. The van der Waals surface area contributed by atoms with E-state index in [4.69, 9.17) is 5.26 Å². The number of sulfonamides is 1. The second-order valence-corrected chi connectivity index (χ2v) is 6.30. The SMILES string of the molecule is CCC(C#N)S(=O)(=O)Nc1cccc(Br)c1C. The van der Waals surface area contributed by atoms with Crippen LogP contribution in [0.15, 0.2) is 22.7 Å². The summed E-state index contributed by atoms with van der Waals surface area (Å²) in [5.41, 5.74) is 1.29. The Kier molecular flexibility index (Phi) is 4.54. The second-order valence-electron chi connectivity index (χ2n) is 3.59. The molecule has 1 unspecified atom stereocenters. The Morgan fingerprint density at radius 1 is 1.53 bits per heavy atom. The number of nitrogens with one attached hydrogen (secondary N) is 1. The predicted octanol–water partition coefficient (Wildman–Crippen LogP) is 2.80. The van der Waals surface area contributed by atoms with Crippen molar-refractivity contribution >= 4 is 31.6 Å². The molecule has 1 atom stereocenters. The minimum absolute atomic E-state index is 0.263. The molecule has 1 N–H and O–H groups in total.